The highest BCUT2D eigenvalue weighted by Gasteiger charge is 2.20. The van der Waals surface area contributed by atoms with Gasteiger partial charge < -0.3 is 15.2 Å². The number of hydrogen-bond donors (Lipinski definition) is 2. The summed E-state index contributed by atoms with van der Waals surface area (Å²) in [4.78, 5) is 27.2. The third kappa shape index (κ3) is 3.89. The summed E-state index contributed by atoms with van der Waals surface area (Å²) in [6, 6.07) is 5.68. The van der Waals surface area contributed by atoms with Crippen LogP contribution < -0.4 is 5.32 Å². The molecule has 0 fully saturated rings. The minimum absolute atomic E-state index is 0.195. The van der Waals surface area contributed by atoms with Crippen LogP contribution in [-0.2, 0) is 9.53 Å². The van der Waals surface area contributed by atoms with Gasteiger partial charge in [0, 0.05) is 25.7 Å². The lowest BCUT2D eigenvalue weighted by molar-refractivity contribution is -0.139. The molecule has 1 atom stereocenters. The minimum atomic E-state index is -1.10. The lowest BCUT2D eigenvalue weighted by atomic mass is 10.1. The summed E-state index contributed by atoms with van der Waals surface area (Å²) >= 11 is 0. The van der Waals surface area contributed by atoms with E-state index in [0.29, 0.717) is 11.3 Å². The number of rotatable bonds is 7. The van der Waals surface area contributed by atoms with Crippen molar-refractivity contribution in [2.24, 2.45) is 0 Å². The van der Waals surface area contributed by atoms with E-state index < -0.39 is 17.9 Å². The quantitative estimate of drug-likeness (QED) is 0.771. The highest BCUT2D eigenvalue weighted by molar-refractivity contribution is 5.97. The first-order valence-corrected chi connectivity index (χ1v) is 6.59. The second kappa shape index (κ2) is 7.32. The third-order valence-electron chi connectivity index (χ3n) is 3.01. The highest BCUT2D eigenvalue weighted by atomic mass is 16.5. The van der Waals surface area contributed by atoms with Crippen LogP contribution in [0.25, 0.3) is 5.69 Å². The highest BCUT2D eigenvalue weighted by Crippen LogP contribution is 2.09. The molecule has 2 aromatic rings. The fraction of sp³-hybridized carbons (Fsp3) is 0.286. The normalized spacial score (nSPS) is 11.9. The second-order valence-corrected chi connectivity index (χ2v) is 4.54. The number of carbonyl (C=O) groups is 2. The van der Waals surface area contributed by atoms with Gasteiger partial charge in [0.2, 0.25) is 0 Å². The van der Waals surface area contributed by atoms with Crippen molar-refractivity contribution in [2.45, 2.75) is 12.5 Å². The number of hydrogen-bond acceptors (Lipinski definition) is 5. The van der Waals surface area contributed by atoms with E-state index in [4.69, 9.17) is 9.84 Å². The summed E-state index contributed by atoms with van der Waals surface area (Å²) in [6.07, 6.45) is 3.09. The molecule has 22 heavy (non-hydrogen) atoms. The zero-order valence-electron chi connectivity index (χ0n) is 12.0. The van der Waals surface area contributed by atoms with Crippen LogP contribution >= 0.6 is 0 Å². The van der Waals surface area contributed by atoms with E-state index in [1.54, 1.807) is 24.3 Å². The van der Waals surface area contributed by atoms with Gasteiger partial charge in [0.1, 0.15) is 18.7 Å². The molecule has 0 bridgehead atoms. The third-order valence-corrected chi connectivity index (χ3v) is 3.01. The summed E-state index contributed by atoms with van der Waals surface area (Å²) in [5.74, 6) is -1.57. The van der Waals surface area contributed by atoms with Gasteiger partial charge in [0.05, 0.1) is 5.69 Å². The SMILES string of the molecule is COCCC(NC(=O)c1cccc(-n2cncn2)c1)C(=O)O. The Bertz CT molecular complexity index is 642. The van der Waals surface area contributed by atoms with E-state index in [0.717, 1.165) is 0 Å². The summed E-state index contributed by atoms with van der Waals surface area (Å²) in [5.41, 5.74) is 1.01. The Hall–Kier alpha value is -2.74. The van der Waals surface area contributed by atoms with E-state index >= 15 is 0 Å². The Labute approximate surface area is 126 Å². The van der Waals surface area contributed by atoms with Crippen molar-refractivity contribution in [1.82, 2.24) is 20.1 Å². The Morgan fingerprint density at radius 3 is 2.91 bits per heavy atom. The average molecular weight is 304 g/mol. The van der Waals surface area contributed by atoms with Gasteiger partial charge in [-0.3, -0.25) is 4.79 Å². The van der Waals surface area contributed by atoms with Crippen LogP contribution in [0.2, 0.25) is 0 Å². The molecule has 2 rings (SSSR count). The number of carbonyl (C=O) groups excluding carboxylic acids is 1. The molecular formula is C14H16N4O4. The molecule has 0 saturated heterocycles. The van der Waals surface area contributed by atoms with Crippen LogP contribution in [0.4, 0.5) is 0 Å². The van der Waals surface area contributed by atoms with E-state index in [9.17, 15) is 9.59 Å². The number of nitrogens with one attached hydrogen (secondary N) is 1. The fourth-order valence-electron chi connectivity index (χ4n) is 1.87. The Kier molecular flexibility index (Phi) is 5.21. The number of aromatic nitrogens is 3. The molecule has 0 spiro atoms. The van der Waals surface area contributed by atoms with Crippen molar-refractivity contribution >= 4 is 11.9 Å². The molecule has 116 valence electrons. The smallest absolute Gasteiger partial charge is 0.326 e. The molecule has 8 nitrogen and oxygen atoms in total. The first-order valence-electron chi connectivity index (χ1n) is 6.59. The molecule has 0 aliphatic heterocycles. The molecule has 1 aromatic carbocycles. The molecule has 0 aliphatic rings. The predicted octanol–water partition coefficient (Wildman–Crippen LogP) is 0.487. The molecule has 1 heterocycles. The average Bonchev–Trinajstić information content (AvgIpc) is 3.05. The van der Waals surface area contributed by atoms with E-state index in [1.165, 1.54) is 24.4 Å². The monoisotopic (exact) mass is 304 g/mol. The number of amides is 1. The fourth-order valence-corrected chi connectivity index (χ4v) is 1.87. The number of benzene rings is 1. The number of carboxylic acids is 1. The van der Waals surface area contributed by atoms with Gasteiger partial charge in [-0.05, 0) is 18.2 Å². The Balaban J connectivity index is 2.12. The number of aliphatic carboxylic acids is 1. The molecular weight excluding hydrogens is 288 g/mol. The maximum absolute atomic E-state index is 12.2. The van der Waals surface area contributed by atoms with Gasteiger partial charge in [-0.25, -0.2) is 14.5 Å². The summed E-state index contributed by atoms with van der Waals surface area (Å²) in [7, 11) is 1.47. The first-order chi connectivity index (χ1) is 10.6. The van der Waals surface area contributed by atoms with Crippen LogP contribution in [0.3, 0.4) is 0 Å². The van der Waals surface area contributed by atoms with Crippen molar-refractivity contribution in [3.8, 4) is 5.69 Å². The maximum Gasteiger partial charge on any atom is 0.326 e. The Morgan fingerprint density at radius 1 is 1.45 bits per heavy atom. The van der Waals surface area contributed by atoms with Crippen LogP contribution in [0.5, 0.6) is 0 Å². The summed E-state index contributed by atoms with van der Waals surface area (Å²) in [5, 5.41) is 15.6. The maximum atomic E-state index is 12.2. The van der Waals surface area contributed by atoms with Crippen LogP contribution in [0.15, 0.2) is 36.9 Å². The molecule has 2 N–H and O–H groups in total. The van der Waals surface area contributed by atoms with E-state index in [-0.39, 0.29) is 13.0 Å². The molecule has 1 unspecified atom stereocenters. The van der Waals surface area contributed by atoms with E-state index in [1.807, 2.05) is 0 Å². The number of nitrogens with zero attached hydrogens (tertiary/aromatic N) is 3. The standard InChI is InChI=1S/C14H16N4O4/c1-22-6-5-12(14(20)21)17-13(19)10-3-2-4-11(7-10)18-9-15-8-16-18/h2-4,7-9,12H,5-6H2,1H3,(H,17,19)(H,20,21). The summed E-state index contributed by atoms with van der Waals surface area (Å²) < 4.78 is 6.35. The molecule has 0 aliphatic carbocycles. The zero-order valence-corrected chi connectivity index (χ0v) is 12.0. The van der Waals surface area contributed by atoms with Crippen LogP contribution in [-0.4, -0.2) is 51.5 Å². The van der Waals surface area contributed by atoms with Gasteiger partial charge in [0.25, 0.3) is 5.91 Å². The van der Waals surface area contributed by atoms with Crippen LogP contribution in [0, 0.1) is 0 Å². The van der Waals surface area contributed by atoms with Crippen molar-refractivity contribution in [3.05, 3.63) is 42.5 Å². The minimum Gasteiger partial charge on any atom is -0.480 e. The predicted molar refractivity (Wildman–Crippen MR) is 76.7 cm³/mol. The van der Waals surface area contributed by atoms with Crippen LogP contribution in [0.1, 0.15) is 16.8 Å². The van der Waals surface area contributed by atoms with Gasteiger partial charge >= 0.3 is 5.97 Å². The molecule has 0 saturated carbocycles. The number of ether oxygens (including phenoxy) is 1. The van der Waals surface area contributed by atoms with Gasteiger partial charge in [0.15, 0.2) is 0 Å². The first kappa shape index (κ1) is 15.6. The number of carboxylic acid groups (broad SMARTS) is 1. The molecule has 8 heteroatoms. The van der Waals surface area contributed by atoms with Crippen molar-refractivity contribution in [3.63, 3.8) is 0 Å². The molecule has 1 amide bonds. The van der Waals surface area contributed by atoms with Gasteiger partial charge in [-0.2, -0.15) is 5.10 Å². The molecule has 0 radical (unpaired) electrons. The lowest BCUT2D eigenvalue weighted by Gasteiger charge is -2.14. The van der Waals surface area contributed by atoms with Crippen molar-refractivity contribution in [2.75, 3.05) is 13.7 Å². The second-order valence-electron chi connectivity index (χ2n) is 4.54. The largest absolute Gasteiger partial charge is 0.480 e. The number of methoxy groups -OCH3 is 1. The van der Waals surface area contributed by atoms with Crippen molar-refractivity contribution in [1.29, 1.82) is 0 Å². The molecule has 1 aromatic heterocycles. The van der Waals surface area contributed by atoms with Crippen molar-refractivity contribution < 1.29 is 19.4 Å². The van der Waals surface area contributed by atoms with Gasteiger partial charge in [-0.15, -0.1) is 0 Å². The lowest BCUT2D eigenvalue weighted by Crippen LogP contribution is -2.41. The van der Waals surface area contributed by atoms with E-state index in [2.05, 4.69) is 15.4 Å². The summed E-state index contributed by atoms with van der Waals surface area (Å²) in [6.45, 7) is 0.246. The topological polar surface area (TPSA) is 106 Å². The van der Waals surface area contributed by atoms with Gasteiger partial charge in [-0.1, -0.05) is 6.07 Å². The Morgan fingerprint density at radius 2 is 2.27 bits per heavy atom. The zero-order chi connectivity index (χ0) is 15.9.